The van der Waals surface area contributed by atoms with Gasteiger partial charge >= 0.3 is 0 Å². The number of halogens is 2. The zero-order chi connectivity index (χ0) is 13.1. The smallest absolute Gasteiger partial charge is 0.258 e. The highest BCUT2D eigenvalue weighted by molar-refractivity contribution is 9.10. The lowest BCUT2D eigenvalue weighted by atomic mass is 10.3. The summed E-state index contributed by atoms with van der Waals surface area (Å²) in [5.41, 5.74) is 0.106. The van der Waals surface area contributed by atoms with E-state index in [-0.39, 0.29) is 10.6 Å². The molecule has 0 atom stereocenters. The maximum atomic E-state index is 11.0. The Morgan fingerprint density at radius 3 is 2.44 bits per heavy atom. The Morgan fingerprint density at radius 1 is 1.06 bits per heavy atom. The molecule has 0 aliphatic rings. The van der Waals surface area contributed by atoms with E-state index in [2.05, 4.69) is 31.9 Å². The highest BCUT2D eigenvalue weighted by atomic mass is 79.9. The van der Waals surface area contributed by atoms with Crippen molar-refractivity contribution in [2.45, 2.75) is 9.79 Å². The number of benzene rings is 2. The van der Waals surface area contributed by atoms with Crippen LogP contribution in [-0.2, 0) is 0 Å². The molecule has 0 aromatic heterocycles. The first-order chi connectivity index (χ1) is 8.56. The van der Waals surface area contributed by atoms with E-state index in [4.69, 9.17) is 0 Å². The lowest BCUT2D eigenvalue weighted by molar-refractivity contribution is -0.387. The summed E-state index contributed by atoms with van der Waals surface area (Å²) in [4.78, 5) is 12.2. The summed E-state index contributed by atoms with van der Waals surface area (Å²) in [6.07, 6.45) is 0. The van der Waals surface area contributed by atoms with Crippen LogP contribution in [0.2, 0.25) is 0 Å². The van der Waals surface area contributed by atoms with Gasteiger partial charge in [0, 0.05) is 19.9 Å². The highest BCUT2D eigenvalue weighted by Gasteiger charge is 2.15. The fourth-order valence-electron chi connectivity index (χ4n) is 1.38. The third-order valence-corrected chi connectivity index (χ3v) is 4.18. The van der Waals surface area contributed by atoms with Gasteiger partial charge in [-0.2, -0.15) is 0 Å². The van der Waals surface area contributed by atoms with Crippen molar-refractivity contribution in [3.05, 3.63) is 61.5 Å². The van der Waals surface area contributed by atoms with Gasteiger partial charge in [0.05, 0.1) is 9.82 Å². The van der Waals surface area contributed by atoms with Crippen LogP contribution in [0.25, 0.3) is 0 Å². The third kappa shape index (κ3) is 3.34. The van der Waals surface area contributed by atoms with E-state index in [0.717, 1.165) is 9.37 Å². The van der Waals surface area contributed by atoms with Gasteiger partial charge in [-0.3, -0.25) is 10.1 Å². The second kappa shape index (κ2) is 5.86. The van der Waals surface area contributed by atoms with E-state index in [1.165, 1.54) is 17.8 Å². The van der Waals surface area contributed by atoms with Crippen LogP contribution in [0.4, 0.5) is 5.69 Å². The van der Waals surface area contributed by atoms with Crippen molar-refractivity contribution in [1.29, 1.82) is 0 Å². The van der Waals surface area contributed by atoms with Gasteiger partial charge in [-0.05, 0) is 30.3 Å². The fourth-order valence-corrected chi connectivity index (χ4v) is 3.24. The first kappa shape index (κ1) is 13.6. The second-order valence-corrected chi connectivity index (χ2v) is 6.38. The number of nitro benzene ring substituents is 1. The van der Waals surface area contributed by atoms with Gasteiger partial charge in [0.25, 0.3) is 5.69 Å². The summed E-state index contributed by atoms with van der Waals surface area (Å²) in [7, 11) is 0. The van der Waals surface area contributed by atoms with E-state index in [1.54, 1.807) is 12.1 Å². The van der Waals surface area contributed by atoms with Gasteiger partial charge in [-0.25, -0.2) is 0 Å². The summed E-state index contributed by atoms with van der Waals surface area (Å²) in [6, 6.07) is 12.7. The second-order valence-electron chi connectivity index (χ2n) is 3.43. The van der Waals surface area contributed by atoms with Gasteiger partial charge in [0.15, 0.2) is 0 Å². The summed E-state index contributed by atoms with van der Waals surface area (Å²) < 4.78 is 1.65. The SMILES string of the molecule is O=[N+]([O-])c1cc(Br)ccc1Sc1cccc(Br)c1. The van der Waals surface area contributed by atoms with Crippen molar-refractivity contribution in [2.75, 3.05) is 0 Å². The van der Waals surface area contributed by atoms with Gasteiger partial charge in [-0.15, -0.1) is 0 Å². The molecule has 0 unspecified atom stereocenters. The minimum atomic E-state index is -0.370. The summed E-state index contributed by atoms with van der Waals surface area (Å²) >= 11 is 7.99. The zero-order valence-electron chi connectivity index (χ0n) is 8.97. The lowest BCUT2D eigenvalue weighted by Gasteiger charge is -2.04. The predicted molar refractivity (Wildman–Crippen MR) is 79.1 cm³/mol. The molecule has 2 aromatic carbocycles. The molecule has 0 heterocycles. The molecule has 3 nitrogen and oxygen atoms in total. The van der Waals surface area contributed by atoms with Crippen LogP contribution in [0, 0.1) is 10.1 Å². The predicted octanol–water partition coefficient (Wildman–Crippen LogP) is 5.27. The molecule has 0 spiro atoms. The molecule has 0 aliphatic heterocycles. The molecule has 2 rings (SSSR count). The number of rotatable bonds is 3. The largest absolute Gasteiger partial charge is 0.284 e. The Labute approximate surface area is 125 Å². The van der Waals surface area contributed by atoms with Gasteiger partial charge < -0.3 is 0 Å². The van der Waals surface area contributed by atoms with Crippen LogP contribution in [0.3, 0.4) is 0 Å². The van der Waals surface area contributed by atoms with Crippen LogP contribution >= 0.6 is 43.6 Å². The fraction of sp³-hybridized carbons (Fsp3) is 0. The maximum Gasteiger partial charge on any atom is 0.284 e. The molecule has 18 heavy (non-hydrogen) atoms. The Bertz CT molecular complexity index is 604. The molecule has 0 radical (unpaired) electrons. The van der Waals surface area contributed by atoms with Crippen molar-refractivity contribution < 1.29 is 4.92 Å². The Balaban J connectivity index is 2.37. The molecular formula is C12H7Br2NO2S. The summed E-state index contributed by atoms with van der Waals surface area (Å²) in [5, 5.41) is 11.0. The third-order valence-electron chi connectivity index (χ3n) is 2.14. The molecule has 6 heteroatoms. The summed E-state index contributed by atoms with van der Waals surface area (Å²) in [5.74, 6) is 0. The van der Waals surface area contributed by atoms with Gasteiger partial charge in [0.2, 0.25) is 0 Å². The molecule has 0 N–H and O–H groups in total. The van der Waals surface area contributed by atoms with Crippen molar-refractivity contribution in [3.8, 4) is 0 Å². The van der Waals surface area contributed by atoms with Crippen LogP contribution in [0.15, 0.2) is 61.2 Å². The number of hydrogen-bond acceptors (Lipinski definition) is 3. The highest BCUT2D eigenvalue weighted by Crippen LogP contribution is 2.36. The minimum Gasteiger partial charge on any atom is -0.258 e. The van der Waals surface area contributed by atoms with E-state index in [9.17, 15) is 10.1 Å². The Hall–Kier alpha value is -0.850. The number of hydrogen-bond donors (Lipinski definition) is 0. The van der Waals surface area contributed by atoms with E-state index in [1.807, 2.05) is 24.3 Å². The quantitative estimate of drug-likeness (QED) is 0.531. The number of nitro groups is 1. The van der Waals surface area contributed by atoms with E-state index >= 15 is 0 Å². The monoisotopic (exact) mass is 387 g/mol. The Morgan fingerprint density at radius 2 is 1.78 bits per heavy atom. The minimum absolute atomic E-state index is 0.106. The van der Waals surface area contributed by atoms with Crippen LogP contribution in [0.1, 0.15) is 0 Å². The topological polar surface area (TPSA) is 43.1 Å². The number of nitrogens with zero attached hydrogens (tertiary/aromatic N) is 1. The van der Waals surface area contributed by atoms with E-state index < -0.39 is 0 Å². The summed E-state index contributed by atoms with van der Waals surface area (Å²) in [6.45, 7) is 0. The average molecular weight is 389 g/mol. The molecule has 92 valence electrons. The normalized spacial score (nSPS) is 10.3. The van der Waals surface area contributed by atoms with Crippen LogP contribution in [0.5, 0.6) is 0 Å². The van der Waals surface area contributed by atoms with Crippen molar-refractivity contribution in [1.82, 2.24) is 0 Å². The molecule has 0 fully saturated rings. The molecule has 2 aromatic rings. The van der Waals surface area contributed by atoms with E-state index in [0.29, 0.717) is 9.37 Å². The van der Waals surface area contributed by atoms with Crippen molar-refractivity contribution >= 4 is 49.3 Å². The first-order valence-corrected chi connectivity index (χ1v) is 7.34. The maximum absolute atomic E-state index is 11.0. The standard InChI is InChI=1S/C12H7Br2NO2S/c13-8-2-1-3-10(6-8)18-12-5-4-9(14)7-11(12)15(16)17/h1-7H. The average Bonchev–Trinajstić information content (AvgIpc) is 2.31. The molecule has 0 saturated carbocycles. The van der Waals surface area contributed by atoms with Gasteiger partial charge in [0.1, 0.15) is 0 Å². The molecular weight excluding hydrogens is 382 g/mol. The van der Waals surface area contributed by atoms with Crippen LogP contribution in [-0.4, -0.2) is 4.92 Å². The molecule has 0 amide bonds. The van der Waals surface area contributed by atoms with Crippen molar-refractivity contribution in [3.63, 3.8) is 0 Å². The first-order valence-electron chi connectivity index (χ1n) is 4.93. The molecule has 0 aliphatic carbocycles. The zero-order valence-corrected chi connectivity index (χ0v) is 13.0. The van der Waals surface area contributed by atoms with Crippen molar-refractivity contribution in [2.24, 2.45) is 0 Å². The lowest BCUT2D eigenvalue weighted by Crippen LogP contribution is -1.90. The van der Waals surface area contributed by atoms with Crippen LogP contribution < -0.4 is 0 Å². The van der Waals surface area contributed by atoms with Gasteiger partial charge in [-0.1, -0.05) is 49.7 Å². The molecule has 0 bridgehead atoms. The molecule has 0 saturated heterocycles. The Kier molecular flexibility index (Phi) is 4.42.